The molecular formula is C21H27N3O4. The van der Waals surface area contributed by atoms with Gasteiger partial charge in [-0.25, -0.2) is 0 Å². The lowest BCUT2D eigenvalue weighted by atomic mass is 10.00. The van der Waals surface area contributed by atoms with E-state index in [0.29, 0.717) is 24.4 Å². The van der Waals surface area contributed by atoms with Crippen molar-refractivity contribution >= 4 is 23.8 Å². The average Bonchev–Trinajstić information content (AvgIpc) is 3.45. The van der Waals surface area contributed by atoms with Gasteiger partial charge in [-0.15, -0.1) is 0 Å². The van der Waals surface area contributed by atoms with Gasteiger partial charge in [-0.2, -0.15) is 0 Å². The number of unbranched alkanes of at least 4 members (excludes halogenated alkanes) is 1. The Morgan fingerprint density at radius 3 is 2.61 bits per heavy atom. The molecule has 1 fully saturated rings. The number of nitrogens with zero attached hydrogens (tertiary/aromatic N) is 1. The van der Waals surface area contributed by atoms with E-state index >= 15 is 0 Å². The van der Waals surface area contributed by atoms with Crippen LogP contribution < -0.4 is 10.6 Å². The van der Waals surface area contributed by atoms with Crippen molar-refractivity contribution < 1.29 is 19.1 Å². The zero-order chi connectivity index (χ0) is 20.1. The van der Waals surface area contributed by atoms with Crippen molar-refractivity contribution in [2.45, 2.75) is 64.3 Å². The van der Waals surface area contributed by atoms with Gasteiger partial charge >= 0.3 is 0 Å². The van der Waals surface area contributed by atoms with Crippen LogP contribution in [-0.4, -0.2) is 41.3 Å². The van der Waals surface area contributed by atoms with Crippen molar-refractivity contribution in [2.75, 3.05) is 0 Å². The standard InChI is InChI=1S/C21H27N3O4/c1-3-4-10-17(19(26)20(27)23-16-11-12-16)24-14(2)28-21(22-13-25)18(24)15-8-6-5-7-9-15/h5-9,13-14,16-17H,3-4,10-12H2,1-2H3,(H,22,25)(H,23,27). The van der Waals surface area contributed by atoms with E-state index in [1.165, 1.54) is 0 Å². The highest BCUT2D eigenvalue weighted by molar-refractivity contribution is 6.38. The highest BCUT2D eigenvalue weighted by Crippen LogP contribution is 2.35. The summed E-state index contributed by atoms with van der Waals surface area (Å²) in [5.74, 6) is -0.706. The highest BCUT2D eigenvalue weighted by Gasteiger charge is 2.42. The van der Waals surface area contributed by atoms with Crippen LogP contribution in [0.1, 0.15) is 51.5 Å². The zero-order valence-corrected chi connectivity index (χ0v) is 16.3. The minimum Gasteiger partial charge on any atom is -0.454 e. The SMILES string of the molecule is CCCCC(C(=O)C(=O)NC1CC1)N1C(c2ccccc2)=C(NC=O)OC1C. The van der Waals surface area contributed by atoms with Gasteiger partial charge in [-0.3, -0.25) is 19.7 Å². The number of hydrogen-bond acceptors (Lipinski definition) is 5. The molecule has 1 aliphatic carbocycles. The maximum atomic E-state index is 13.1. The summed E-state index contributed by atoms with van der Waals surface area (Å²) < 4.78 is 5.84. The summed E-state index contributed by atoms with van der Waals surface area (Å²) in [7, 11) is 0. The van der Waals surface area contributed by atoms with E-state index < -0.39 is 24.0 Å². The molecule has 3 rings (SSSR count). The second-order valence-electron chi connectivity index (χ2n) is 7.20. The van der Waals surface area contributed by atoms with Crippen LogP contribution in [0.4, 0.5) is 0 Å². The molecule has 0 radical (unpaired) electrons. The number of benzene rings is 1. The molecule has 1 aliphatic heterocycles. The van der Waals surface area contributed by atoms with Crippen LogP contribution in [-0.2, 0) is 19.1 Å². The molecule has 0 spiro atoms. The number of rotatable bonds is 10. The maximum absolute atomic E-state index is 13.1. The molecule has 7 nitrogen and oxygen atoms in total. The topological polar surface area (TPSA) is 87.7 Å². The van der Waals surface area contributed by atoms with Crippen molar-refractivity contribution in [1.82, 2.24) is 15.5 Å². The molecular weight excluding hydrogens is 358 g/mol. The van der Waals surface area contributed by atoms with Crippen LogP contribution in [0.3, 0.4) is 0 Å². The first-order valence-corrected chi connectivity index (χ1v) is 9.86. The first kappa shape index (κ1) is 19.9. The lowest BCUT2D eigenvalue weighted by Crippen LogP contribution is -2.49. The van der Waals surface area contributed by atoms with Crippen LogP contribution in [0.2, 0.25) is 0 Å². The monoisotopic (exact) mass is 385 g/mol. The number of carbonyl (C=O) groups is 3. The Balaban J connectivity index is 1.96. The number of hydrogen-bond donors (Lipinski definition) is 2. The molecule has 28 heavy (non-hydrogen) atoms. The Morgan fingerprint density at radius 2 is 2.00 bits per heavy atom. The Morgan fingerprint density at radius 1 is 1.29 bits per heavy atom. The third-order valence-corrected chi connectivity index (χ3v) is 5.00. The third kappa shape index (κ3) is 4.35. The number of ether oxygens (including phenoxy) is 1. The molecule has 0 aromatic heterocycles. The van der Waals surface area contributed by atoms with E-state index in [0.717, 1.165) is 31.2 Å². The first-order chi connectivity index (χ1) is 13.6. The minimum atomic E-state index is -0.658. The fourth-order valence-corrected chi connectivity index (χ4v) is 3.45. The Kier molecular flexibility index (Phi) is 6.34. The molecule has 1 heterocycles. The van der Waals surface area contributed by atoms with Crippen molar-refractivity contribution in [3.8, 4) is 0 Å². The molecule has 7 heteroatoms. The van der Waals surface area contributed by atoms with Crippen LogP contribution >= 0.6 is 0 Å². The molecule has 2 atom stereocenters. The van der Waals surface area contributed by atoms with E-state index in [4.69, 9.17) is 4.74 Å². The Labute approximate surface area is 165 Å². The summed E-state index contributed by atoms with van der Waals surface area (Å²) in [5, 5.41) is 5.39. The number of Topliss-reactive ketones (excluding diaryl/α,β-unsaturated/α-hetero) is 1. The van der Waals surface area contributed by atoms with Crippen LogP contribution in [0.5, 0.6) is 0 Å². The van der Waals surface area contributed by atoms with Crippen LogP contribution in [0.25, 0.3) is 5.70 Å². The predicted molar refractivity (Wildman–Crippen MR) is 104 cm³/mol. The summed E-state index contributed by atoms with van der Waals surface area (Å²) in [6, 6.07) is 8.89. The summed E-state index contributed by atoms with van der Waals surface area (Å²) in [6.45, 7) is 3.86. The van der Waals surface area contributed by atoms with Crippen molar-refractivity contribution in [2.24, 2.45) is 0 Å². The Bertz CT molecular complexity index is 758. The maximum Gasteiger partial charge on any atom is 0.289 e. The first-order valence-electron chi connectivity index (χ1n) is 9.86. The normalized spacial score (nSPS) is 19.8. The molecule has 0 saturated heterocycles. The second kappa shape index (κ2) is 8.91. The smallest absolute Gasteiger partial charge is 0.289 e. The van der Waals surface area contributed by atoms with E-state index in [2.05, 4.69) is 10.6 Å². The molecule has 2 unspecified atom stereocenters. The second-order valence-corrected chi connectivity index (χ2v) is 7.20. The summed E-state index contributed by atoms with van der Waals surface area (Å²) >= 11 is 0. The lowest BCUT2D eigenvalue weighted by molar-refractivity contribution is -0.142. The van der Waals surface area contributed by atoms with Gasteiger partial charge in [-0.05, 0) is 26.2 Å². The Hall–Kier alpha value is -2.83. The van der Waals surface area contributed by atoms with Crippen molar-refractivity contribution in [1.29, 1.82) is 0 Å². The van der Waals surface area contributed by atoms with Crippen molar-refractivity contribution in [3.05, 3.63) is 41.8 Å². The van der Waals surface area contributed by atoms with E-state index in [9.17, 15) is 14.4 Å². The summed E-state index contributed by atoms with van der Waals surface area (Å²) in [6.07, 6.45) is 4.14. The molecule has 2 amide bonds. The van der Waals surface area contributed by atoms with E-state index in [1.54, 1.807) is 0 Å². The fourth-order valence-electron chi connectivity index (χ4n) is 3.45. The average molecular weight is 385 g/mol. The quantitative estimate of drug-likeness (QED) is 0.476. The molecule has 2 N–H and O–H groups in total. The van der Waals surface area contributed by atoms with Crippen LogP contribution in [0, 0.1) is 0 Å². The summed E-state index contributed by atoms with van der Waals surface area (Å²) in [4.78, 5) is 38.5. The van der Waals surface area contributed by atoms with Gasteiger partial charge in [0.05, 0.1) is 0 Å². The number of ketones is 1. The number of carbonyl (C=O) groups excluding carboxylic acids is 3. The minimum absolute atomic E-state index is 0.118. The molecule has 1 aromatic rings. The van der Waals surface area contributed by atoms with Gasteiger partial charge in [-0.1, -0.05) is 50.1 Å². The van der Waals surface area contributed by atoms with Gasteiger partial charge in [0.1, 0.15) is 11.7 Å². The lowest BCUT2D eigenvalue weighted by Gasteiger charge is -2.32. The zero-order valence-electron chi connectivity index (χ0n) is 16.3. The van der Waals surface area contributed by atoms with Crippen molar-refractivity contribution in [3.63, 3.8) is 0 Å². The van der Waals surface area contributed by atoms with Gasteiger partial charge in [0.25, 0.3) is 5.91 Å². The van der Waals surface area contributed by atoms with Gasteiger partial charge in [0.15, 0.2) is 6.23 Å². The highest BCUT2D eigenvalue weighted by atomic mass is 16.5. The van der Waals surface area contributed by atoms with Gasteiger partial charge in [0, 0.05) is 11.6 Å². The third-order valence-electron chi connectivity index (χ3n) is 5.00. The molecule has 1 saturated carbocycles. The number of amides is 2. The van der Waals surface area contributed by atoms with E-state index in [-0.39, 0.29) is 6.04 Å². The molecule has 2 aliphatic rings. The predicted octanol–water partition coefficient (Wildman–Crippen LogP) is 2.14. The fraction of sp³-hybridized carbons (Fsp3) is 0.476. The van der Waals surface area contributed by atoms with Crippen LogP contribution in [0.15, 0.2) is 36.2 Å². The number of nitrogens with one attached hydrogen (secondary N) is 2. The van der Waals surface area contributed by atoms with E-state index in [1.807, 2.05) is 49.1 Å². The molecule has 1 aromatic carbocycles. The molecule has 0 bridgehead atoms. The molecule has 150 valence electrons. The summed E-state index contributed by atoms with van der Waals surface area (Å²) in [5.41, 5.74) is 1.43. The van der Waals surface area contributed by atoms with Gasteiger partial charge < -0.3 is 15.0 Å². The van der Waals surface area contributed by atoms with Gasteiger partial charge in [0.2, 0.25) is 18.1 Å². The largest absolute Gasteiger partial charge is 0.454 e.